The first-order valence-electron chi connectivity index (χ1n) is 6.34. The Morgan fingerprint density at radius 1 is 1.42 bits per heavy atom. The summed E-state index contributed by atoms with van der Waals surface area (Å²) < 4.78 is 0. The first-order chi connectivity index (χ1) is 8.95. The van der Waals surface area contributed by atoms with E-state index in [4.69, 9.17) is 10.8 Å². The van der Waals surface area contributed by atoms with E-state index >= 15 is 0 Å². The van der Waals surface area contributed by atoms with Crippen LogP contribution >= 0.6 is 0 Å². The SMILES string of the molecule is CCCC(N)CC(=O)Nc1cccc(C(=O)O)c1C. The van der Waals surface area contributed by atoms with Gasteiger partial charge in [0, 0.05) is 18.2 Å². The Kier molecular flexibility index (Phi) is 5.51. The van der Waals surface area contributed by atoms with Crippen molar-refractivity contribution in [1.82, 2.24) is 0 Å². The van der Waals surface area contributed by atoms with Gasteiger partial charge in [0.25, 0.3) is 0 Å². The van der Waals surface area contributed by atoms with E-state index in [1.165, 1.54) is 6.07 Å². The van der Waals surface area contributed by atoms with Crippen molar-refractivity contribution in [3.8, 4) is 0 Å². The van der Waals surface area contributed by atoms with Crippen molar-refractivity contribution in [3.63, 3.8) is 0 Å². The number of rotatable bonds is 6. The topological polar surface area (TPSA) is 92.4 Å². The molecule has 4 N–H and O–H groups in total. The second-order valence-electron chi connectivity index (χ2n) is 4.58. The van der Waals surface area contributed by atoms with Gasteiger partial charge < -0.3 is 16.2 Å². The molecule has 0 aliphatic carbocycles. The standard InChI is InChI=1S/C14H20N2O3/c1-3-5-10(15)8-13(17)16-12-7-4-6-11(9(12)2)14(18)19/h4,6-7,10H,3,5,8,15H2,1-2H3,(H,16,17)(H,18,19). The van der Waals surface area contributed by atoms with E-state index in [1.54, 1.807) is 19.1 Å². The molecule has 1 aromatic rings. The quantitative estimate of drug-likeness (QED) is 0.734. The number of hydrogen-bond acceptors (Lipinski definition) is 3. The first kappa shape index (κ1) is 15.2. The lowest BCUT2D eigenvalue weighted by Crippen LogP contribution is -2.27. The lowest BCUT2D eigenvalue weighted by atomic mass is 10.1. The van der Waals surface area contributed by atoms with E-state index in [2.05, 4.69) is 5.32 Å². The molecule has 5 heteroatoms. The minimum Gasteiger partial charge on any atom is -0.478 e. The van der Waals surface area contributed by atoms with Gasteiger partial charge in [-0.25, -0.2) is 4.79 Å². The van der Waals surface area contributed by atoms with Crippen molar-refractivity contribution in [1.29, 1.82) is 0 Å². The molecule has 0 aliphatic rings. The highest BCUT2D eigenvalue weighted by Gasteiger charge is 2.13. The molecule has 1 atom stereocenters. The summed E-state index contributed by atoms with van der Waals surface area (Å²) in [4.78, 5) is 22.8. The minimum atomic E-state index is -1.00. The zero-order valence-corrected chi connectivity index (χ0v) is 11.3. The lowest BCUT2D eigenvalue weighted by molar-refractivity contribution is -0.116. The Balaban J connectivity index is 2.75. The third kappa shape index (κ3) is 4.37. The van der Waals surface area contributed by atoms with Crippen molar-refractivity contribution in [2.75, 3.05) is 5.32 Å². The van der Waals surface area contributed by atoms with E-state index in [-0.39, 0.29) is 23.9 Å². The van der Waals surface area contributed by atoms with Crippen LogP contribution in [0.25, 0.3) is 0 Å². The fourth-order valence-electron chi connectivity index (χ4n) is 1.91. The second-order valence-corrected chi connectivity index (χ2v) is 4.58. The van der Waals surface area contributed by atoms with Crippen LogP contribution in [0.4, 0.5) is 5.69 Å². The van der Waals surface area contributed by atoms with Gasteiger partial charge in [0.2, 0.25) is 5.91 Å². The molecule has 1 unspecified atom stereocenters. The monoisotopic (exact) mass is 264 g/mol. The molecule has 0 heterocycles. The number of carboxylic acid groups (broad SMARTS) is 1. The number of carboxylic acids is 1. The normalized spacial score (nSPS) is 11.9. The fourth-order valence-corrected chi connectivity index (χ4v) is 1.91. The minimum absolute atomic E-state index is 0.159. The summed E-state index contributed by atoms with van der Waals surface area (Å²) in [6.45, 7) is 3.68. The maximum Gasteiger partial charge on any atom is 0.336 e. The fraction of sp³-hybridized carbons (Fsp3) is 0.429. The van der Waals surface area contributed by atoms with Crippen LogP contribution in [0.5, 0.6) is 0 Å². The number of carbonyl (C=O) groups excluding carboxylic acids is 1. The van der Waals surface area contributed by atoms with Crippen LogP contribution in [-0.2, 0) is 4.79 Å². The summed E-state index contributed by atoms with van der Waals surface area (Å²) in [5.74, 6) is -1.19. The Labute approximate surface area is 112 Å². The van der Waals surface area contributed by atoms with Crippen LogP contribution in [0.2, 0.25) is 0 Å². The predicted molar refractivity (Wildman–Crippen MR) is 74.3 cm³/mol. The largest absolute Gasteiger partial charge is 0.478 e. The van der Waals surface area contributed by atoms with Crippen LogP contribution in [0, 0.1) is 6.92 Å². The van der Waals surface area contributed by atoms with Crippen molar-refractivity contribution in [2.45, 2.75) is 39.2 Å². The van der Waals surface area contributed by atoms with Gasteiger partial charge >= 0.3 is 5.97 Å². The van der Waals surface area contributed by atoms with Gasteiger partial charge in [-0.05, 0) is 31.0 Å². The number of aromatic carboxylic acids is 1. The zero-order valence-electron chi connectivity index (χ0n) is 11.3. The molecule has 0 aliphatic heterocycles. The third-order valence-corrected chi connectivity index (χ3v) is 2.95. The van der Waals surface area contributed by atoms with Crippen LogP contribution < -0.4 is 11.1 Å². The predicted octanol–water partition coefficient (Wildman–Crippen LogP) is 2.15. The molecular formula is C14H20N2O3. The number of nitrogens with one attached hydrogen (secondary N) is 1. The number of carbonyl (C=O) groups is 2. The van der Waals surface area contributed by atoms with Crippen LogP contribution in [0.1, 0.15) is 42.1 Å². The molecular weight excluding hydrogens is 244 g/mol. The smallest absolute Gasteiger partial charge is 0.336 e. The molecule has 1 amide bonds. The van der Waals surface area contributed by atoms with E-state index in [1.807, 2.05) is 6.92 Å². The van der Waals surface area contributed by atoms with Crippen molar-refractivity contribution >= 4 is 17.6 Å². The average Bonchev–Trinajstić information content (AvgIpc) is 2.31. The molecule has 0 fully saturated rings. The van der Waals surface area contributed by atoms with Crippen LogP contribution in [-0.4, -0.2) is 23.0 Å². The van der Waals surface area contributed by atoms with E-state index in [0.29, 0.717) is 11.3 Å². The van der Waals surface area contributed by atoms with Gasteiger partial charge in [-0.1, -0.05) is 19.4 Å². The zero-order chi connectivity index (χ0) is 14.4. The van der Waals surface area contributed by atoms with E-state index < -0.39 is 5.97 Å². The molecule has 0 saturated carbocycles. The number of hydrogen-bond donors (Lipinski definition) is 3. The number of amides is 1. The van der Waals surface area contributed by atoms with Gasteiger partial charge in [0.15, 0.2) is 0 Å². The molecule has 0 spiro atoms. The van der Waals surface area contributed by atoms with E-state index in [9.17, 15) is 9.59 Å². The summed E-state index contributed by atoms with van der Waals surface area (Å²) in [5.41, 5.74) is 7.06. The van der Waals surface area contributed by atoms with Crippen molar-refractivity contribution in [2.24, 2.45) is 5.73 Å². The number of anilines is 1. The molecule has 19 heavy (non-hydrogen) atoms. The van der Waals surface area contributed by atoms with Crippen molar-refractivity contribution in [3.05, 3.63) is 29.3 Å². The number of benzene rings is 1. The summed E-state index contributed by atoms with van der Waals surface area (Å²) in [5, 5.41) is 11.7. The van der Waals surface area contributed by atoms with Gasteiger partial charge in [0.05, 0.1) is 5.56 Å². The molecule has 0 saturated heterocycles. The summed E-state index contributed by atoms with van der Waals surface area (Å²) in [6, 6.07) is 4.65. The Hall–Kier alpha value is -1.88. The average molecular weight is 264 g/mol. The molecule has 104 valence electrons. The molecule has 0 aromatic heterocycles. The van der Waals surface area contributed by atoms with Gasteiger partial charge in [-0.3, -0.25) is 4.79 Å². The summed E-state index contributed by atoms with van der Waals surface area (Å²) in [6.07, 6.45) is 1.97. The second kappa shape index (κ2) is 6.89. The Bertz CT molecular complexity index is 472. The highest BCUT2D eigenvalue weighted by molar-refractivity contribution is 5.96. The van der Waals surface area contributed by atoms with Crippen molar-refractivity contribution < 1.29 is 14.7 Å². The molecule has 5 nitrogen and oxygen atoms in total. The number of nitrogens with two attached hydrogens (primary N) is 1. The summed E-state index contributed by atoms with van der Waals surface area (Å²) in [7, 11) is 0. The first-order valence-corrected chi connectivity index (χ1v) is 6.34. The highest BCUT2D eigenvalue weighted by Crippen LogP contribution is 2.19. The molecule has 1 rings (SSSR count). The van der Waals surface area contributed by atoms with E-state index in [0.717, 1.165) is 12.8 Å². The molecule has 0 radical (unpaired) electrons. The summed E-state index contributed by atoms with van der Waals surface area (Å²) >= 11 is 0. The lowest BCUT2D eigenvalue weighted by Gasteiger charge is -2.13. The Morgan fingerprint density at radius 3 is 2.68 bits per heavy atom. The molecule has 1 aromatic carbocycles. The van der Waals surface area contributed by atoms with Crippen LogP contribution in [0.3, 0.4) is 0 Å². The van der Waals surface area contributed by atoms with Crippen LogP contribution in [0.15, 0.2) is 18.2 Å². The highest BCUT2D eigenvalue weighted by atomic mass is 16.4. The van der Waals surface area contributed by atoms with Gasteiger partial charge in [0.1, 0.15) is 0 Å². The Morgan fingerprint density at radius 2 is 2.11 bits per heavy atom. The van der Waals surface area contributed by atoms with Gasteiger partial charge in [-0.2, -0.15) is 0 Å². The van der Waals surface area contributed by atoms with Gasteiger partial charge in [-0.15, -0.1) is 0 Å². The molecule has 0 bridgehead atoms. The maximum absolute atomic E-state index is 11.8. The maximum atomic E-state index is 11.8. The third-order valence-electron chi connectivity index (χ3n) is 2.95.